The summed E-state index contributed by atoms with van der Waals surface area (Å²) in [5, 5.41) is 7.10. The first-order valence-corrected chi connectivity index (χ1v) is 6.01. The number of aromatic nitrogens is 4. The zero-order valence-electron chi connectivity index (χ0n) is 10.5. The zero-order valence-corrected chi connectivity index (χ0v) is 10.5. The second kappa shape index (κ2) is 4.09. The lowest BCUT2D eigenvalue weighted by molar-refractivity contribution is 0.530. The number of hydrogen-bond acceptors (Lipinski definition) is 6. The third kappa shape index (κ3) is 1.86. The molecule has 1 unspecified atom stereocenters. The number of anilines is 1. The smallest absolute Gasteiger partial charge is 0.245 e. The Bertz CT molecular complexity index is 560. The number of oxazole rings is 1. The highest BCUT2D eigenvalue weighted by molar-refractivity contribution is 5.52. The van der Waals surface area contributed by atoms with Gasteiger partial charge in [0.25, 0.3) is 0 Å². The molecule has 1 aliphatic heterocycles. The Hall–Kier alpha value is -1.89. The number of H-pyrrole nitrogens is 1. The molecule has 1 fully saturated rings. The Morgan fingerprint density at radius 3 is 2.83 bits per heavy atom. The molecule has 3 N–H and O–H groups in total. The third-order valence-electron chi connectivity index (χ3n) is 3.10. The van der Waals surface area contributed by atoms with Crippen LogP contribution in [0.3, 0.4) is 0 Å². The van der Waals surface area contributed by atoms with E-state index in [2.05, 4.69) is 25.1 Å². The summed E-state index contributed by atoms with van der Waals surface area (Å²) in [7, 11) is 0. The predicted octanol–water partition coefficient (Wildman–Crippen LogP) is 0.614. The topological polar surface area (TPSA) is 96.9 Å². The summed E-state index contributed by atoms with van der Waals surface area (Å²) in [4.78, 5) is 10.7. The van der Waals surface area contributed by atoms with Crippen LogP contribution in [0.2, 0.25) is 0 Å². The summed E-state index contributed by atoms with van der Waals surface area (Å²) in [6, 6.07) is 0.209. The molecular weight excluding hydrogens is 232 g/mol. The molecule has 1 atom stereocenters. The number of rotatable bonds is 2. The fourth-order valence-corrected chi connectivity index (χ4v) is 2.22. The minimum absolute atomic E-state index is 0.209. The van der Waals surface area contributed by atoms with E-state index in [0.29, 0.717) is 23.4 Å². The monoisotopic (exact) mass is 248 g/mol. The van der Waals surface area contributed by atoms with Crippen molar-refractivity contribution < 1.29 is 4.42 Å². The zero-order chi connectivity index (χ0) is 12.7. The van der Waals surface area contributed by atoms with Crippen molar-refractivity contribution in [3.63, 3.8) is 0 Å². The Morgan fingerprint density at radius 1 is 1.39 bits per heavy atom. The number of nitrogens with one attached hydrogen (secondary N) is 1. The molecule has 1 saturated heterocycles. The van der Waals surface area contributed by atoms with Crippen LogP contribution < -0.4 is 10.6 Å². The van der Waals surface area contributed by atoms with E-state index in [4.69, 9.17) is 10.2 Å². The van der Waals surface area contributed by atoms with Gasteiger partial charge in [0.15, 0.2) is 17.5 Å². The minimum Gasteiger partial charge on any atom is -0.437 e. The highest BCUT2D eigenvalue weighted by atomic mass is 16.4. The number of aryl methyl sites for hydroxylation is 2. The van der Waals surface area contributed by atoms with Crippen LogP contribution in [0.5, 0.6) is 0 Å². The number of aromatic amines is 1. The SMILES string of the molecule is Cc1nc(C)c(-c2nc(N3CCC(N)C3)n[nH]2)o1. The van der Waals surface area contributed by atoms with Crippen molar-refractivity contribution >= 4 is 5.95 Å². The molecule has 3 rings (SSSR count). The normalized spacial score (nSPS) is 19.7. The van der Waals surface area contributed by atoms with E-state index >= 15 is 0 Å². The average molecular weight is 248 g/mol. The van der Waals surface area contributed by atoms with Crippen LogP contribution in [-0.2, 0) is 0 Å². The van der Waals surface area contributed by atoms with Crippen LogP contribution in [0, 0.1) is 13.8 Å². The first kappa shape index (κ1) is 11.2. The molecule has 18 heavy (non-hydrogen) atoms. The quantitative estimate of drug-likeness (QED) is 0.808. The predicted molar refractivity (Wildman–Crippen MR) is 66.2 cm³/mol. The molecule has 0 saturated carbocycles. The lowest BCUT2D eigenvalue weighted by Gasteiger charge is -2.11. The number of nitrogens with two attached hydrogens (primary N) is 1. The van der Waals surface area contributed by atoms with Gasteiger partial charge in [-0.05, 0) is 13.3 Å². The molecule has 0 aromatic carbocycles. The van der Waals surface area contributed by atoms with Crippen molar-refractivity contribution in [3.8, 4) is 11.6 Å². The van der Waals surface area contributed by atoms with E-state index in [9.17, 15) is 0 Å². The fraction of sp³-hybridized carbons (Fsp3) is 0.545. The van der Waals surface area contributed by atoms with Crippen LogP contribution in [0.25, 0.3) is 11.6 Å². The Labute approximate surface area is 104 Å². The van der Waals surface area contributed by atoms with Crippen molar-refractivity contribution in [1.82, 2.24) is 20.2 Å². The van der Waals surface area contributed by atoms with Crippen LogP contribution in [0.15, 0.2) is 4.42 Å². The van der Waals surface area contributed by atoms with Crippen molar-refractivity contribution in [2.75, 3.05) is 18.0 Å². The molecule has 0 spiro atoms. The summed E-state index contributed by atoms with van der Waals surface area (Å²) >= 11 is 0. The van der Waals surface area contributed by atoms with Crippen LogP contribution >= 0.6 is 0 Å². The van der Waals surface area contributed by atoms with E-state index in [1.807, 2.05) is 13.8 Å². The lowest BCUT2D eigenvalue weighted by atomic mass is 10.3. The number of nitrogens with zero attached hydrogens (tertiary/aromatic N) is 4. The van der Waals surface area contributed by atoms with Gasteiger partial charge in [0.1, 0.15) is 0 Å². The van der Waals surface area contributed by atoms with Gasteiger partial charge in [0.2, 0.25) is 5.95 Å². The molecule has 7 nitrogen and oxygen atoms in total. The summed E-state index contributed by atoms with van der Waals surface area (Å²) < 4.78 is 5.51. The van der Waals surface area contributed by atoms with Gasteiger partial charge in [-0.1, -0.05) is 0 Å². The van der Waals surface area contributed by atoms with Crippen LogP contribution in [0.1, 0.15) is 18.0 Å². The van der Waals surface area contributed by atoms with Crippen molar-refractivity contribution in [2.24, 2.45) is 5.73 Å². The Morgan fingerprint density at radius 2 is 2.22 bits per heavy atom. The Balaban J connectivity index is 1.87. The van der Waals surface area contributed by atoms with Gasteiger partial charge < -0.3 is 15.1 Å². The maximum atomic E-state index is 5.87. The highest BCUT2D eigenvalue weighted by Crippen LogP contribution is 2.23. The molecule has 0 aliphatic carbocycles. The van der Waals surface area contributed by atoms with Gasteiger partial charge in [0.05, 0.1) is 5.69 Å². The Kier molecular flexibility index (Phi) is 2.55. The first-order valence-electron chi connectivity index (χ1n) is 6.01. The fourth-order valence-electron chi connectivity index (χ4n) is 2.22. The maximum absolute atomic E-state index is 5.87. The maximum Gasteiger partial charge on any atom is 0.245 e. The van der Waals surface area contributed by atoms with E-state index in [1.165, 1.54) is 0 Å². The van der Waals surface area contributed by atoms with Gasteiger partial charge in [-0.2, -0.15) is 4.98 Å². The lowest BCUT2D eigenvalue weighted by Crippen LogP contribution is -2.26. The van der Waals surface area contributed by atoms with Crippen LogP contribution in [-0.4, -0.2) is 39.3 Å². The van der Waals surface area contributed by atoms with Gasteiger partial charge in [-0.3, -0.25) is 5.10 Å². The minimum atomic E-state index is 0.209. The van der Waals surface area contributed by atoms with E-state index in [-0.39, 0.29) is 6.04 Å². The highest BCUT2D eigenvalue weighted by Gasteiger charge is 2.23. The molecule has 96 valence electrons. The summed E-state index contributed by atoms with van der Waals surface area (Å²) in [5.74, 6) is 2.56. The standard InChI is InChI=1S/C11H16N6O/c1-6-9(18-7(2)13-6)10-14-11(16-15-10)17-4-3-8(12)5-17/h8H,3-5,12H2,1-2H3,(H,14,15,16). The van der Waals surface area contributed by atoms with Crippen molar-refractivity contribution in [1.29, 1.82) is 0 Å². The third-order valence-corrected chi connectivity index (χ3v) is 3.10. The molecule has 2 aromatic rings. The van der Waals surface area contributed by atoms with Crippen molar-refractivity contribution in [2.45, 2.75) is 26.3 Å². The molecule has 3 heterocycles. The second-order valence-electron chi connectivity index (χ2n) is 4.63. The van der Waals surface area contributed by atoms with Gasteiger partial charge >= 0.3 is 0 Å². The molecule has 2 aromatic heterocycles. The largest absolute Gasteiger partial charge is 0.437 e. The van der Waals surface area contributed by atoms with E-state index in [0.717, 1.165) is 25.2 Å². The van der Waals surface area contributed by atoms with Crippen molar-refractivity contribution in [3.05, 3.63) is 11.6 Å². The summed E-state index contributed by atoms with van der Waals surface area (Å²) in [6.45, 7) is 5.39. The molecular formula is C11H16N6O. The molecule has 0 amide bonds. The van der Waals surface area contributed by atoms with Crippen LogP contribution in [0.4, 0.5) is 5.95 Å². The van der Waals surface area contributed by atoms with Gasteiger partial charge in [-0.15, -0.1) is 5.10 Å². The first-order chi connectivity index (χ1) is 8.63. The molecule has 7 heteroatoms. The van der Waals surface area contributed by atoms with Gasteiger partial charge in [-0.25, -0.2) is 4.98 Å². The summed E-state index contributed by atoms with van der Waals surface area (Å²) in [5.41, 5.74) is 6.69. The van der Waals surface area contributed by atoms with E-state index in [1.54, 1.807) is 0 Å². The summed E-state index contributed by atoms with van der Waals surface area (Å²) in [6.07, 6.45) is 0.977. The number of hydrogen-bond donors (Lipinski definition) is 2. The van der Waals surface area contributed by atoms with E-state index < -0.39 is 0 Å². The van der Waals surface area contributed by atoms with Gasteiger partial charge in [0, 0.05) is 26.1 Å². The molecule has 0 bridgehead atoms. The average Bonchev–Trinajstić information content (AvgIpc) is 2.98. The second-order valence-corrected chi connectivity index (χ2v) is 4.63. The molecule has 0 radical (unpaired) electrons. The molecule has 1 aliphatic rings.